The number of nitrogens with one attached hydrogen (secondary N) is 1. The van der Waals surface area contributed by atoms with Crippen molar-refractivity contribution < 1.29 is 0 Å². The highest BCUT2D eigenvalue weighted by Crippen LogP contribution is 2.29. The molecular formula is C16H30N2. The lowest BCUT2D eigenvalue weighted by Gasteiger charge is -2.25. The summed E-state index contributed by atoms with van der Waals surface area (Å²) in [7, 11) is 0. The lowest BCUT2D eigenvalue weighted by atomic mass is 9.84. The fourth-order valence-electron chi connectivity index (χ4n) is 3.61. The average molecular weight is 250 g/mol. The summed E-state index contributed by atoms with van der Waals surface area (Å²) in [5, 5.41) is 0. The quantitative estimate of drug-likeness (QED) is 0.438. The highest BCUT2D eigenvalue weighted by molar-refractivity contribution is 5.11. The largest absolute Gasteiger partial charge is 0.271 e. The molecule has 1 fully saturated rings. The Hall–Kier alpha value is -0.340. The summed E-state index contributed by atoms with van der Waals surface area (Å²) in [6, 6.07) is 0.449. The summed E-state index contributed by atoms with van der Waals surface area (Å²) in [6.07, 6.45) is 19.0. The maximum atomic E-state index is 5.78. The van der Waals surface area contributed by atoms with Gasteiger partial charge >= 0.3 is 0 Å². The van der Waals surface area contributed by atoms with Gasteiger partial charge in [0.1, 0.15) is 0 Å². The molecule has 0 bridgehead atoms. The maximum absolute atomic E-state index is 5.78. The lowest BCUT2D eigenvalue weighted by molar-refractivity contribution is 0.319. The third kappa shape index (κ3) is 4.40. The zero-order valence-electron chi connectivity index (χ0n) is 11.8. The van der Waals surface area contributed by atoms with Gasteiger partial charge in [-0.15, -0.1) is 0 Å². The molecular weight excluding hydrogens is 220 g/mol. The molecule has 3 N–H and O–H groups in total. The normalized spacial score (nSPS) is 24.4. The Morgan fingerprint density at radius 1 is 1.11 bits per heavy atom. The molecule has 0 saturated heterocycles. The second kappa shape index (κ2) is 7.96. The molecule has 0 heterocycles. The van der Waals surface area contributed by atoms with Gasteiger partial charge in [0.05, 0.1) is 0 Å². The third-order valence-corrected chi connectivity index (χ3v) is 4.81. The molecule has 0 spiro atoms. The van der Waals surface area contributed by atoms with Crippen LogP contribution in [0.4, 0.5) is 0 Å². The molecule has 2 rings (SSSR count). The number of rotatable bonds is 5. The fraction of sp³-hybridized carbons (Fsp3) is 0.875. The molecule has 1 atom stereocenters. The van der Waals surface area contributed by atoms with Gasteiger partial charge < -0.3 is 0 Å². The first-order chi connectivity index (χ1) is 8.90. The van der Waals surface area contributed by atoms with E-state index in [0.29, 0.717) is 6.04 Å². The topological polar surface area (TPSA) is 38.0 Å². The van der Waals surface area contributed by atoms with Gasteiger partial charge in [-0.3, -0.25) is 11.3 Å². The monoisotopic (exact) mass is 250 g/mol. The Bertz CT molecular complexity index is 254. The van der Waals surface area contributed by atoms with Gasteiger partial charge in [0.2, 0.25) is 0 Å². The zero-order chi connectivity index (χ0) is 12.6. The third-order valence-electron chi connectivity index (χ3n) is 4.81. The molecule has 104 valence electrons. The van der Waals surface area contributed by atoms with Crippen LogP contribution in [0.2, 0.25) is 0 Å². The molecule has 2 nitrogen and oxygen atoms in total. The minimum absolute atomic E-state index is 0.449. The molecule has 18 heavy (non-hydrogen) atoms. The molecule has 0 radical (unpaired) electrons. The Morgan fingerprint density at radius 2 is 1.89 bits per heavy atom. The molecule has 0 amide bonds. The number of hydrogen-bond donors (Lipinski definition) is 2. The Labute approximate surface area is 112 Å². The van der Waals surface area contributed by atoms with Crippen LogP contribution in [0, 0.1) is 5.92 Å². The van der Waals surface area contributed by atoms with Gasteiger partial charge in [0.15, 0.2) is 0 Å². The van der Waals surface area contributed by atoms with Crippen molar-refractivity contribution in [1.29, 1.82) is 0 Å². The second-order valence-corrected chi connectivity index (χ2v) is 6.18. The van der Waals surface area contributed by atoms with Gasteiger partial charge in [-0.25, -0.2) is 0 Å². The van der Waals surface area contributed by atoms with E-state index in [0.717, 1.165) is 5.92 Å². The van der Waals surface area contributed by atoms with Crippen LogP contribution in [0.25, 0.3) is 0 Å². The van der Waals surface area contributed by atoms with Gasteiger partial charge in [-0.2, -0.15) is 0 Å². The van der Waals surface area contributed by atoms with E-state index in [1.165, 1.54) is 77.0 Å². The molecule has 0 aromatic heterocycles. The van der Waals surface area contributed by atoms with Gasteiger partial charge in [-0.05, 0) is 44.4 Å². The van der Waals surface area contributed by atoms with Crippen molar-refractivity contribution in [2.45, 2.75) is 83.1 Å². The lowest BCUT2D eigenvalue weighted by Crippen LogP contribution is -2.37. The molecule has 0 aromatic carbocycles. The maximum Gasteiger partial charge on any atom is 0.0419 e. The second-order valence-electron chi connectivity index (χ2n) is 6.18. The summed E-state index contributed by atoms with van der Waals surface area (Å²) in [5.41, 5.74) is 4.66. The number of hydrogen-bond acceptors (Lipinski definition) is 2. The van der Waals surface area contributed by atoms with E-state index in [1.54, 1.807) is 5.57 Å². The van der Waals surface area contributed by atoms with E-state index in [2.05, 4.69) is 11.5 Å². The number of allylic oxidation sites excluding steroid dienone is 1. The molecule has 0 aromatic rings. The highest BCUT2D eigenvalue weighted by atomic mass is 15.2. The molecule has 1 unspecified atom stereocenters. The van der Waals surface area contributed by atoms with Crippen LogP contribution in [0.15, 0.2) is 11.6 Å². The van der Waals surface area contributed by atoms with Crippen molar-refractivity contribution in [1.82, 2.24) is 5.43 Å². The molecule has 2 aliphatic rings. The summed E-state index contributed by atoms with van der Waals surface area (Å²) in [6.45, 7) is 0. The first kappa shape index (κ1) is 14.1. The molecule has 0 aliphatic heterocycles. The van der Waals surface area contributed by atoms with Crippen LogP contribution in [0.1, 0.15) is 77.0 Å². The van der Waals surface area contributed by atoms with E-state index in [1.807, 2.05) is 0 Å². The van der Waals surface area contributed by atoms with Crippen molar-refractivity contribution in [3.05, 3.63) is 11.6 Å². The Kier molecular flexibility index (Phi) is 6.22. The average Bonchev–Trinajstić information content (AvgIpc) is 2.70. The smallest absolute Gasteiger partial charge is 0.0419 e. The Balaban J connectivity index is 1.78. The van der Waals surface area contributed by atoms with Crippen LogP contribution in [-0.2, 0) is 0 Å². The van der Waals surface area contributed by atoms with Crippen molar-refractivity contribution in [2.24, 2.45) is 11.8 Å². The summed E-state index contributed by atoms with van der Waals surface area (Å²) in [4.78, 5) is 0. The number of nitrogens with two attached hydrogens (primary N) is 1. The van der Waals surface area contributed by atoms with Gasteiger partial charge in [0, 0.05) is 6.04 Å². The van der Waals surface area contributed by atoms with E-state index in [-0.39, 0.29) is 0 Å². The van der Waals surface area contributed by atoms with Crippen LogP contribution in [0.3, 0.4) is 0 Å². The molecule has 2 aliphatic carbocycles. The van der Waals surface area contributed by atoms with Crippen LogP contribution < -0.4 is 11.3 Å². The first-order valence-corrected chi connectivity index (χ1v) is 8.05. The van der Waals surface area contributed by atoms with E-state index >= 15 is 0 Å². The van der Waals surface area contributed by atoms with Crippen molar-refractivity contribution in [3.8, 4) is 0 Å². The van der Waals surface area contributed by atoms with E-state index in [4.69, 9.17) is 5.84 Å². The first-order valence-electron chi connectivity index (χ1n) is 8.05. The standard InChI is InChI=1S/C16H30N2/c17-18-16(15-10-6-1-2-7-11-15)13-12-14-8-4-3-5-9-14/h10,14,16,18H,1-9,11-13,17H2. The van der Waals surface area contributed by atoms with Crippen LogP contribution in [0.5, 0.6) is 0 Å². The van der Waals surface area contributed by atoms with Crippen molar-refractivity contribution in [3.63, 3.8) is 0 Å². The van der Waals surface area contributed by atoms with Crippen LogP contribution >= 0.6 is 0 Å². The summed E-state index contributed by atoms with van der Waals surface area (Å²) in [5.74, 6) is 6.75. The highest BCUT2D eigenvalue weighted by Gasteiger charge is 2.18. The SMILES string of the molecule is NNC(CCC1CCCCC1)C1=CCCCCC1. The predicted octanol–water partition coefficient (Wildman–Crippen LogP) is 4.07. The Morgan fingerprint density at radius 3 is 2.67 bits per heavy atom. The summed E-state index contributed by atoms with van der Waals surface area (Å²) >= 11 is 0. The zero-order valence-corrected chi connectivity index (χ0v) is 11.8. The molecule has 2 heteroatoms. The number of hydrazine groups is 1. The predicted molar refractivity (Wildman–Crippen MR) is 78.1 cm³/mol. The fourth-order valence-corrected chi connectivity index (χ4v) is 3.61. The van der Waals surface area contributed by atoms with E-state index < -0.39 is 0 Å². The van der Waals surface area contributed by atoms with Gasteiger partial charge in [0.25, 0.3) is 0 Å². The summed E-state index contributed by atoms with van der Waals surface area (Å²) < 4.78 is 0. The van der Waals surface area contributed by atoms with Crippen molar-refractivity contribution in [2.75, 3.05) is 0 Å². The molecule has 1 saturated carbocycles. The van der Waals surface area contributed by atoms with Gasteiger partial charge in [-0.1, -0.05) is 50.2 Å². The minimum atomic E-state index is 0.449. The minimum Gasteiger partial charge on any atom is -0.271 e. The van der Waals surface area contributed by atoms with Crippen LogP contribution in [-0.4, -0.2) is 6.04 Å². The van der Waals surface area contributed by atoms with E-state index in [9.17, 15) is 0 Å². The van der Waals surface area contributed by atoms with Crippen molar-refractivity contribution >= 4 is 0 Å².